The predicted molar refractivity (Wildman–Crippen MR) is 314 cm³/mol. The second kappa shape index (κ2) is 35.7. The van der Waals surface area contributed by atoms with Crippen LogP contribution in [0.4, 0.5) is 48.2 Å². The lowest BCUT2D eigenvalue weighted by molar-refractivity contribution is -0.385. The zero-order valence-electron chi connectivity index (χ0n) is 47.7. The van der Waals surface area contributed by atoms with Crippen LogP contribution in [-0.2, 0) is 32.2 Å². The molecule has 0 aliphatic carbocycles. The third-order valence-corrected chi connectivity index (χ3v) is 13.1. The molecule has 0 radical (unpaired) electrons. The quantitative estimate of drug-likeness (QED) is 0.0300. The molecule has 2 fully saturated rings. The Labute approximate surface area is 504 Å². The van der Waals surface area contributed by atoms with E-state index in [9.17, 15) is 70.5 Å². The second-order valence-corrected chi connectivity index (χ2v) is 19.5. The number of nitrogens with zero attached hydrogens (tertiary/aromatic N) is 6. The average Bonchev–Trinajstić information content (AvgIpc) is 3.34. The van der Waals surface area contributed by atoms with Gasteiger partial charge in [0.25, 0.3) is 11.4 Å². The van der Waals surface area contributed by atoms with Gasteiger partial charge in [-0.05, 0) is 104 Å². The van der Waals surface area contributed by atoms with Crippen molar-refractivity contribution in [1.82, 2.24) is 20.0 Å². The van der Waals surface area contributed by atoms with Gasteiger partial charge in [0.15, 0.2) is 17.8 Å². The molecule has 5 aromatic carbocycles. The van der Waals surface area contributed by atoms with Crippen LogP contribution >= 0.6 is 0 Å². The van der Waals surface area contributed by atoms with Crippen LogP contribution in [0.5, 0.6) is 11.5 Å². The molecular formula is C61H71F6N7O14. The summed E-state index contributed by atoms with van der Waals surface area (Å²) >= 11 is 0. The zero-order chi connectivity index (χ0) is 63.5. The molecule has 0 saturated carbocycles. The van der Waals surface area contributed by atoms with Crippen LogP contribution in [0.1, 0.15) is 97.2 Å². The number of amides is 2. The van der Waals surface area contributed by atoms with Crippen molar-refractivity contribution in [2.75, 3.05) is 70.5 Å². The number of aliphatic carboxylic acids is 1. The summed E-state index contributed by atoms with van der Waals surface area (Å²) in [6.45, 7) is 11.5. The number of para-hydroxylation sites is 1. The standard InChI is InChI=1S/C23H24F3N3O5.C14H17NO3.C12H15F3N2O.C11H11NO5.CH4/c24-23(25,26)34-20-4-1-3-17(15-20)16-27-11-13-28(14-12-27)22(31)6-2-5-21(30)18-7-9-19(10-8-18)29(32)33;1-3-17-13-10-9-11-7-5-6-8-12(11)15(13)14(16)18-4-2;13-12(14,15)18-11-3-1-2-10(8-11)9-17-6-4-16-5-7-17;13-10(2-1-3-11(14)15)8-4-6-9(7-5-8)12(16)17;/h1,3-4,7-10,15H,2,5-6,11-14,16H2;5-10,13H,3-4H2,1-2H3;1-3,8,16H,4-7,9H2;4-7H,1-3H2,(H,14,15);1H4. The van der Waals surface area contributed by atoms with E-state index in [2.05, 4.69) is 24.6 Å². The molecule has 0 spiro atoms. The van der Waals surface area contributed by atoms with Crippen molar-refractivity contribution >= 4 is 52.7 Å². The number of hydrogen-bond donors (Lipinski definition) is 2. The Morgan fingerprint density at radius 2 is 1.09 bits per heavy atom. The van der Waals surface area contributed by atoms with Crippen LogP contribution in [-0.4, -0.2) is 144 Å². The number of ketones is 2. The van der Waals surface area contributed by atoms with Crippen molar-refractivity contribution in [3.05, 3.63) is 175 Å². The Hall–Kier alpha value is -8.79. The first-order chi connectivity index (χ1) is 41.4. The molecule has 2 amide bonds. The number of anilines is 1. The fourth-order valence-corrected chi connectivity index (χ4v) is 8.96. The molecule has 27 heteroatoms. The summed E-state index contributed by atoms with van der Waals surface area (Å²) in [6.07, 6.45) is -5.22. The minimum absolute atomic E-state index is 0. The maximum Gasteiger partial charge on any atom is 0.573 e. The van der Waals surface area contributed by atoms with E-state index in [1.54, 1.807) is 28.9 Å². The van der Waals surface area contributed by atoms with Gasteiger partial charge in [0, 0.05) is 133 Å². The monoisotopic (exact) mass is 1240 g/mol. The lowest BCUT2D eigenvalue weighted by Gasteiger charge is -2.35. The number of carboxylic acids is 1. The number of carboxylic acid groups (broad SMARTS) is 1. The molecule has 88 heavy (non-hydrogen) atoms. The first-order valence-electron chi connectivity index (χ1n) is 27.7. The van der Waals surface area contributed by atoms with Crippen LogP contribution in [0.2, 0.25) is 0 Å². The van der Waals surface area contributed by atoms with E-state index < -0.39 is 34.8 Å². The molecule has 2 N–H and O–H groups in total. The van der Waals surface area contributed by atoms with Gasteiger partial charge in [-0.15, -0.1) is 26.3 Å². The SMILES string of the molecule is C.CCOC(=O)N1c2ccccc2C=CC1OCC.FC(F)(F)Oc1cccc(CN2CCNCC2)c1.O=C(CCCC(=O)N1CCN(Cc2cccc(OC(F)(F)F)c2)CC1)c1ccc([N+](=O)[O-])cc1.O=C(O)CCCC(=O)c1ccc([N+](=O)[O-])cc1. The van der Waals surface area contributed by atoms with Gasteiger partial charge in [0.2, 0.25) is 5.91 Å². The van der Waals surface area contributed by atoms with E-state index in [4.69, 9.17) is 14.6 Å². The number of fused-ring (bicyclic) bond motifs is 1. The molecule has 3 aliphatic rings. The van der Waals surface area contributed by atoms with E-state index in [1.807, 2.05) is 49.4 Å². The number of non-ortho nitro benzene ring substituents is 2. The Balaban J connectivity index is 0.000000264. The van der Waals surface area contributed by atoms with Gasteiger partial charge < -0.3 is 34.3 Å². The summed E-state index contributed by atoms with van der Waals surface area (Å²) in [5, 5.41) is 32.7. The molecule has 3 heterocycles. The number of nitrogens with one attached hydrogen (secondary N) is 1. The number of Topliss-reactive ketones (excluding diaryl/α,β-unsaturated/α-hetero) is 2. The number of halogens is 6. The van der Waals surface area contributed by atoms with Gasteiger partial charge in [0.05, 0.1) is 22.1 Å². The Morgan fingerprint density at radius 3 is 1.55 bits per heavy atom. The normalized spacial score (nSPS) is 14.8. The maximum atomic E-state index is 12.5. The molecule has 8 rings (SSSR count). The molecule has 1 atom stereocenters. The summed E-state index contributed by atoms with van der Waals surface area (Å²) in [5.41, 5.74) is 3.89. The third kappa shape index (κ3) is 25.3. The smallest absolute Gasteiger partial charge is 0.481 e. The predicted octanol–water partition coefficient (Wildman–Crippen LogP) is 11.9. The molecule has 476 valence electrons. The van der Waals surface area contributed by atoms with E-state index >= 15 is 0 Å². The van der Waals surface area contributed by atoms with Crippen molar-refractivity contribution in [1.29, 1.82) is 0 Å². The van der Waals surface area contributed by atoms with Gasteiger partial charge in [0.1, 0.15) is 11.5 Å². The Kier molecular flexibility index (Phi) is 29.1. The van der Waals surface area contributed by atoms with Gasteiger partial charge in [-0.3, -0.25) is 49.2 Å². The minimum Gasteiger partial charge on any atom is -0.481 e. The van der Waals surface area contributed by atoms with Gasteiger partial charge in [-0.25, -0.2) is 9.69 Å². The molecular weight excluding hydrogens is 1170 g/mol. The summed E-state index contributed by atoms with van der Waals surface area (Å²) in [4.78, 5) is 86.0. The molecule has 0 bridgehead atoms. The Bertz CT molecular complexity index is 3100. The number of benzene rings is 5. The van der Waals surface area contributed by atoms with Gasteiger partial charge in [-0.1, -0.05) is 56.0 Å². The molecule has 3 aliphatic heterocycles. The first kappa shape index (κ1) is 71.7. The zero-order valence-corrected chi connectivity index (χ0v) is 47.7. The van der Waals surface area contributed by atoms with Crippen molar-refractivity contribution < 1.29 is 84.2 Å². The summed E-state index contributed by atoms with van der Waals surface area (Å²) in [5.74, 6) is -1.80. The number of carbonyl (C=O) groups excluding carboxylic acids is 4. The Morgan fingerprint density at radius 1 is 0.614 bits per heavy atom. The van der Waals surface area contributed by atoms with Gasteiger partial charge in [-0.2, -0.15) is 0 Å². The minimum atomic E-state index is -4.74. The van der Waals surface area contributed by atoms with Crippen LogP contribution in [0.25, 0.3) is 6.08 Å². The molecule has 1 unspecified atom stereocenters. The van der Waals surface area contributed by atoms with E-state index in [-0.39, 0.29) is 86.0 Å². The van der Waals surface area contributed by atoms with E-state index in [0.29, 0.717) is 75.6 Å². The fraction of sp³-hybridized carbons (Fsp3) is 0.393. The molecule has 2 saturated heterocycles. The van der Waals surface area contributed by atoms with Crippen molar-refractivity contribution in [3.63, 3.8) is 0 Å². The lowest BCUT2D eigenvalue weighted by Crippen LogP contribution is -2.48. The van der Waals surface area contributed by atoms with Crippen LogP contribution in [0.3, 0.4) is 0 Å². The van der Waals surface area contributed by atoms with E-state index in [0.717, 1.165) is 43.0 Å². The van der Waals surface area contributed by atoms with Crippen molar-refractivity contribution in [3.8, 4) is 11.5 Å². The fourth-order valence-electron chi connectivity index (χ4n) is 8.96. The number of hydrogen-bond acceptors (Lipinski definition) is 16. The van der Waals surface area contributed by atoms with E-state index in [1.165, 1.54) is 78.9 Å². The number of nitro benzene ring substituents is 2. The highest BCUT2D eigenvalue weighted by Gasteiger charge is 2.33. The average molecular weight is 1240 g/mol. The number of rotatable bonds is 21. The highest BCUT2D eigenvalue weighted by Crippen LogP contribution is 2.31. The lowest BCUT2D eigenvalue weighted by atomic mass is 10.0. The van der Waals surface area contributed by atoms with Gasteiger partial charge >= 0.3 is 24.8 Å². The highest BCUT2D eigenvalue weighted by molar-refractivity contribution is 5.97. The third-order valence-electron chi connectivity index (χ3n) is 13.1. The molecule has 5 aromatic rings. The molecule has 21 nitrogen and oxygen atoms in total. The summed E-state index contributed by atoms with van der Waals surface area (Å²) in [6, 6.07) is 30.3. The maximum absolute atomic E-state index is 12.5. The van der Waals surface area contributed by atoms with Crippen molar-refractivity contribution in [2.24, 2.45) is 0 Å². The summed E-state index contributed by atoms with van der Waals surface area (Å²) in [7, 11) is 0. The highest BCUT2D eigenvalue weighted by atomic mass is 19.4. The van der Waals surface area contributed by atoms with Crippen LogP contribution < -0.4 is 19.7 Å². The van der Waals surface area contributed by atoms with Crippen molar-refractivity contribution in [2.45, 2.75) is 91.8 Å². The molecule has 0 aromatic heterocycles. The number of ether oxygens (including phenoxy) is 4. The van der Waals surface area contributed by atoms with Crippen LogP contribution in [0.15, 0.2) is 127 Å². The van der Waals surface area contributed by atoms with Crippen LogP contribution in [0, 0.1) is 20.2 Å². The number of alkyl halides is 6. The number of carbonyl (C=O) groups is 5. The summed E-state index contributed by atoms with van der Waals surface area (Å²) < 4.78 is 92.0. The first-order valence-corrected chi connectivity index (χ1v) is 27.7. The number of piperazine rings is 2. The largest absolute Gasteiger partial charge is 0.573 e. The second-order valence-electron chi connectivity index (χ2n) is 19.5. The topological polar surface area (TPSA) is 254 Å². The number of nitro groups is 2.